The van der Waals surface area contributed by atoms with Crippen LogP contribution in [0.5, 0.6) is 5.75 Å². The number of aliphatic hydroxyl groups excluding tert-OH is 1. The lowest BCUT2D eigenvalue weighted by molar-refractivity contribution is -0.112. The SMILES string of the molecule is Cc1cc(CO)c2c(c1)CO[C@@H](c1ccccc1)O2. The summed E-state index contributed by atoms with van der Waals surface area (Å²) in [6.07, 6.45) is -0.401. The van der Waals surface area contributed by atoms with E-state index in [1.54, 1.807) is 0 Å². The van der Waals surface area contributed by atoms with Crippen LogP contribution in [0.1, 0.15) is 28.5 Å². The maximum Gasteiger partial charge on any atom is 0.227 e. The van der Waals surface area contributed by atoms with Gasteiger partial charge in [-0.2, -0.15) is 0 Å². The molecule has 1 aliphatic heterocycles. The molecule has 3 heteroatoms. The summed E-state index contributed by atoms with van der Waals surface area (Å²) in [7, 11) is 0. The summed E-state index contributed by atoms with van der Waals surface area (Å²) < 4.78 is 11.7. The molecule has 0 fully saturated rings. The van der Waals surface area contributed by atoms with E-state index >= 15 is 0 Å². The number of fused-ring (bicyclic) bond motifs is 1. The zero-order valence-electron chi connectivity index (χ0n) is 10.8. The molecule has 1 N–H and O–H groups in total. The standard InChI is InChI=1S/C16H16O3/c1-11-7-13(9-17)15-14(8-11)10-18-16(19-15)12-5-3-2-4-6-12/h2-8,16-17H,9-10H2,1H3/t16-/m1/s1. The zero-order valence-corrected chi connectivity index (χ0v) is 10.8. The third-order valence-corrected chi connectivity index (χ3v) is 3.24. The quantitative estimate of drug-likeness (QED) is 0.897. The van der Waals surface area contributed by atoms with Gasteiger partial charge in [-0.3, -0.25) is 0 Å². The molecule has 3 nitrogen and oxygen atoms in total. The number of aliphatic hydroxyl groups is 1. The van der Waals surface area contributed by atoms with Crippen LogP contribution in [0.3, 0.4) is 0 Å². The van der Waals surface area contributed by atoms with Gasteiger partial charge in [0.05, 0.1) is 13.2 Å². The Morgan fingerprint density at radius 1 is 1.21 bits per heavy atom. The second kappa shape index (κ2) is 5.03. The topological polar surface area (TPSA) is 38.7 Å². The monoisotopic (exact) mass is 256 g/mol. The largest absolute Gasteiger partial charge is 0.460 e. The van der Waals surface area contributed by atoms with Crippen LogP contribution in [0.25, 0.3) is 0 Å². The van der Waals surface area contributed by atoms with Crippen molar-refractivity contribution in [3.8, 4) is 5.75 Å². The van der Waals surface area contributed by atoms with E-state index in [9.17, 15) is 5.11 Å². The maximum absolute atomic E-state index is 9.45. The minimum Gasteiger partial charge on any atom is -0.460 e. The van der Waals surface area contributed by atoms with Crippen molar-refractivity contribution >= 4 is 0 Å². The van der Waals surface area contributed by atoms with Crippen molar-refractivity contribution in [1.29, 1.82) is 0 Å². The van der Waals surface area contributed by atoms with E-state index in [4.69, 9.17) is 9.47 Å². The van der Waals surface area contributed by atoms with Gasteiger partial charge in [0.25, 0.3) is 0 Å². The van der Waals surface area contributed by atoms with Crippen molar-refractivity contribution in [3.63, 3.8) is 0 Å². The lowest BCUT2D eigenvalue weighted by Gasteiger charge is -2.28. The van der Waals surface area contributed by atoms with Crippen LogP contribution in [0.2, 0.25) is 0 Å². The Bertz CT molecular complexity index is 561. The molecule has 0 saturated carbocycles. The normalized spacial score (nSPS) is 17.7. The van der Waals surface area contributed by atoms with E-state index in [1.165, 1.54) is 0 Å². The minimum absolute atomic E-state index is 0.0223. The predicted molar refractivity (Wildman–Crippen MR) is 71.7 cm³/mol. The summed E-state index contributed by atoms with van der Waals surface area (Å²) in [6, 6.07) is 13.8. The summed E-state index contributed by atoms with van der Waals surface area (Å²) in [5.74, 6) is 0.758. The van der Waals surface area contributed by atoms with Crippen molar-refractivity contribution in [2.24, 2.45) is 0 Å². The molecule has 0 amide bonds. The number of hydrogen-bond donors (Lipinski definition) is 1. The second-order valence-corrected chi connectivity index (χ2v) is 4.74. The van der Waals surface area contributed by atoms with Gasteiger partial charge in [-0.25, -0.2) is 0 Å². The van der Waals surface area contributed by atoms with Gasteiger partial charge in [0.2, 0.25) is 6.29 Å². The molecule has 0 unspecified atom stereocenters. The number of benzene rings is 2. The first kappa shape index (κ1) is 12.2. The van der Waals surface area contributed by atoms with Gasteiger partial charge in [-0.05, 0) is 6.92 Å². The molecule has 0 saturated heterocycles. The van der Waals surface area contributed by atoms with Crippen LogP contribution in [0.15, 0.2) is 42.5 Å². The van der Waals surface area contributed by atoms with Crippen LogP contribution in [0, 0.1) is 6.92 Å². The zero-order chi connectivity index (χ0) is 13.2. The van der Waals surface area contributed by atoms with Crippen LogP contribution >= 0.6 is 0 Å². The van der Waals surface area contributed by atoms with Crippen molar-refractivity contribution in [2.45, 2.75) is 26.4 Å². The molecule has 3 rings (SSSR count). The fraction of sp³-hybridized carbons (Fsp3) is 0.250. The van der Waals surface area contributed by atoms with Gasteiger partial charge >= 0.3 is 0 Å². The average Bonchev–Trinajstić information content (AvgIpc) is 2.46. The molecule has 0 spiro atoms. The van der Waals surface area contributed by atoms with Crippen LogP contribution < -0.4 is 4.74 Å². The molecule has 0 bridgehead atoms. The van der Waals surface area contributed by atoms with E-state index in [2.05, 4.69) is 0 Å². The summed E-state index contributed by atoms with van der Waals surface area (Å²) in [5.41, 5.74) is 3.90. The summed E-state index contributed by atoms with van der Waals surface area (Å²) >= 11 is 0. The van der Waals surface area contributed by atoms with Gasteiger partial charge in [0.15, 0.2) is 0 Å². The van der Waals surface area contributed by atoms with Gasteiger partial charge in [-0.1, -0.05) is 48.0 Å². The molecule has 0 radical (unpaired) electrons. The molecule has 2 aromatic carbocycles. The molecule has 0 aromatic heterocycles. The van der Waals surface area contributed by atoms with Crippen LogP contribution in [-0.4, -0.2) is 5.11 Å². The molecule has 1 aliphatic rings. The van der Waals surface area contributed by atoms with Gasteiger partial charge in [-0.15, -0.1) is 0 Å². The third kappa shape index (κ3) is 2.35. The summed E-state index contributed by atoms with van der Waals surface area (Å²) in [6.45, 7) is 2.48. The molecule has 1 atom stereocenters. The second-order valence-electron chi connectivity index (χ2n) is 4.74. The maximum atomic E-state index is 9.45. The highest BCUT2D eigenvalue weighted by Gasteiger charge is 2.24. The third-order valence-electron chi connectivity index (χ3n) is 3.24. The van der Waals surface area contributed by atoms with Gasteiger partial charge < -0.3 is 14.6 Å². The van der Waals surface area contributed by atoms with Crippen molar-refractivity contribution < 1.29 is 14.6 Å². The van der Waals surface area contributed by atoms with E-state index in [1.807, 2.05) is 49.4 Å². The molecule has 98 valence electrons. The molecular formula is C16H16O3. The van der Waals surface area contributed by atoms with Gasteiger partial charge in [0, 0.05) is 16.7 Å². The van der Waals surface area contributed by atoms with Gasteiger partial charge in [0.1, 0.15) is 5.75 Å². The molecular weight excluding hydrogens is 240 g/mol. The Labute approximate surface area is 112 Å². The van der Waals surface area contributed by atoms with Crippen LogP contribution in [-0.2, 0) is 18.0 Å². The first-order valence-electron chi connectivity index (χ1n) is 6.34. The van der Waals surface area contributed by atoms with Crippen molar-refractivity contribution in [3.05, 3.63) is 64.7 Å². The number of rotatable bonds is 2. The summed E-state index contributed by atoms with van der Waals surface area (Å²) in [4.78, 5) is 0. The minimum atomic E-state index is -0.401. The highest BCUT2D eigenvalue weighted by molar-refractivity contribution is 5.45. The first-order valence-corrected chi connectivity index (χ1v) is 6.34. The highest BCUT2D eigenvalue weighted by atomic mass is 16.7. The summed E-state index contributed by atoms with van der Waals surface area (Å²) in [5, 5.41) is 9.45. The molecule has 19 heavy (non-hydrogen) atoms. The van der Waals surface area contributed by atoms with E-state index in [-0.39, 0.29) is 6.61 Å². The Morgan fingerprint density at radius 2 is 2.00 bits per heavy atom. The lowest BCUT2D eigenvalue weighted by Crippen LogP contribution is -2.19. The molecule has 0 aliphatic carbocycles. The van der Waals surface area contributed by atoms with Crippen molar-refractivity contribution in [1.82, 2.24) is 0 Å². The van der Waals surface area contributed by atoms with E-state index in [0.29, 0.717) is 6.61 Å². The molecule has 1 heterocycles. The number of ether oxygens (including phenoxy) is 2. The Balaban J connectivity index is 1.95. The highest BCUT2D eigenvalue weighted by Crippen LogP contribution is 2.36. The van der Waals surface area contributed by atoms with Crippen molar-refractivity contribution in [2.75, 3.05) is 0 Å². The smallest absolute Gasteiger partial charge is 0.227 e. The van der Waals surface area contributed by atoms with Crippen LogP contribution in [0.4, 0.5) is 0 Å². The molecule has 2 aromatic rings. The Hall–Kier alpha value is -1.84. The average molecular weight is 256 g/mol. The Morgan fingerprint density at radius 3 is 2.74 bits per heavy atom. The predicted octanol–water partition coefficient (Wildman–Crippen LogP) is 3.10. The fourth-order valence-electron chi connectivity index (χ4n) is 2.39. The lowest BCUT2D eigenvalue weighted by atomic mass is 10.0. The Kier molecular flexibility index (Phi) is 3.23. The van der Waals surface area contributed by atoms with E-state index < -0.39 is 6.29 Å². The number of aryl methyl sites for hydroxylation is 1. The number of hydrogen-bond acceptors (Lipinski definition) is 3. The first-order chi connectivity index (χ1) is 9.28. The van der Waals surface area contributed by atoms with E-state index in [0.717, 1.165) is 28.0 Å². The fourth-order valence-corrected chi connectivity index (χ4v) is 2.39.